The van der Waals surface area contributed by atoms with E-state index < -0.39 is 47.9 Å². The van der Waals surface area contributed by atoms with Crippen molar-refractivity contribution in [2.24, 2.45) is 0 Å². The lowest BCUT2D eigenvalue weighted by Gasteiger charge is -2.32. The zero-order valence-electron chi connectivity index (χ0n) is 11.8. The van der Waals surface area contributed by atoms with Gasteiger partial charge in [-0.25, -0.2) is 0 Å². The molecule has 5 atom stereocenters. The second kappa shape index (κ2) is 8.14. The summed E-state index contributed by atoms with van der Waals surface area (Å²) in [4.78, 5) is 0. The Balaban J connectivity index is 2.89. The fraction of sp³-hybridized carbons (Fsp3) is 0.571. The minimum Gasteiger partial charge on any atom is -0.394 e. The van der Waals surface area contributed by atoms with Crippen molar-refractivity contribution in [2.45, 2.75) is 35.7 Å². The second-order valence-electron chi connectivity index (χ2n) is 4.82. The zero-order valence-corrected chi connectivity index (χ0v) is 12.6. The highest BCUT2D eigenvalue weighted by Crippen LogP contribution is 2.37. The Morgan fingerprint density at radius 3 is 2.09 bits per heavy atom. The molecule has 1 rings (SSSR count). The normalized spacial score (nSPS) is 19.3. The first-order chi connectivity index (χ1) is 10.3. The molecule has 1 unspecified atom stereocenters. The summed E-state index contributed by atoms with van der Waals surface area (Å²) >= 11 is 5.61. The van der Waals surface area contributed by atoms with Crippen molar-refractivity contribution >= 4 is 11.6 Å². The molecule has 0 aliphatic rings. The molecule has 8 heteroatoms. The van der Waals surface area contributed by atoms with Crippen LogP contribution in [0.4, 0.5) is 8.78 Å². The molecular formula is C14H19ClF2O5. The average Bonchev–Trinajstić information content (AvgIpc) is 2.54. The lowest BCUT2D eigenvalue weighted by Crippen LogP contribution is -2.52. The molecule has 0 aliphatic heterocycles. The van der Waals surface area contributed by atoms with E-state index >= 15 is 0 Å². The first-order valence-electron chi connectivity index (χ1n) is 6.52. The third kappa shape index (κ3) is 4.13. The SMILES string of the molecule is CO[C@H](CO)[C@@H](O)[C@H](O)[C@@H](O)C(Cl)C(F)(F)c1ccccc1. The van der Waals surface area contributed by atoms with Crippen molar-refractivity contribution in [2.75, 3.05) is 13.7 Å². The van der Waals surface area contributed by atoms with Crippen LogP contribution in [-0.2, 0) is 10.7 Å². The van der Waals surface area contributed by atoms with Crippen molar-refractivity contribution in [3.8, 4) is 0 Å². The standard InChI is InChI=1S/C14H19ClF2O5/c1-22-9(7-18)10(19)11(20)12(21)13(15)14(16,17)8-5-3-2-4-6-8/h2-6,9-13,18-21H,7H2,1H3/t9-,10-,11+,12-,13?/m1/s1. The molecule has 1 aromatic carbocycles. The molecule has 0 fully saturated rings. The Morgan fingerprint density at radius 2 is 1.64 bits per heavy atom. The van der Waals surface area contributed by atoms with Crippen LogP contribution in [0.3, 0.4) is 0 Å². The molecular weight excluding hydrogens is 322 g/mol. The van der Waals surface area contributed by atoms with Crippen LogP contribution in [0, 0.1) is 0 Å². The summed E-state index contributed by atoms with van der Waals surface area (Å²) in [5.74, 6) is -3.63. The lowest BCUT2D eigenvalue weighted by atomic mass is 9.95. The number of aliphatic hydroxyl groups is 4. The Bertz CT molecular complexity index is 444. The Morgan fingerprint density at radius 1 is 1.09 bits per heavy atom. The monoisotopic (exact) mass is 340 g/mol. The van der Waals surface area contributed by atoms with Crippen molar-refractivity contribution in [3.63, 3.8) is 0 Å². The third-order valence-electron chi connectivity index (χ3n) is 3.37. The maximum atomic E-state index is 14.2. The van der Waals surface area contributed by atoms with E-state index in [0.29, 0.717) is 0 Å². The molecule has 0 bridgehead atoms. The van der Waals surface area contributed by atoms with Crippen LogP contribution in [0.15, 0.2) is 30.3 Å². The van der Waals surface area contributed by atoms with Gasteiger partial charge in [-0.2, -0.15) is 8.78 Å². The summed E-state index contributed by atoms with van der Waals surface area (Å²) in [6, 6.07) is 6.59. The summed E-state index contributed by atoms with van der Waals surface area (Å²) < 4.78 is 33.1. The maximum Gasteiger partial charge on any atom is 0.291 e. The number of halogens is 3. The van der Waals surface area contributed by atoms with Gasteiger partial charge in [-0.3, -0.25) is 0 Å². The Hall–Kier alpha value is -0.830. The predicted octanol–water partition coefficient (Wildman–Crippen LogP) is 0.476. The number of rotatable bonds is 8. The number of hydrogen-bond donors (Lipinski definition) is 4. The number of ether oxygens (including phenoxy) is 1. The van der Waals surface area contributed by atoms with Crippen molar-refractivity contribution in [3.05, 3.63) is 35.9 Å². The van der Waals surface area contributed by atoms with Crippen molar-refractivity contribution in [1.29, 1.82) is 0 Å². The van der Waals surface area contributed by atoms with E-state index in [9.17, 15) is 24.1 Å². The van der Waals surface area contributed by atoms with Crippen LogP contribution in [0.5, 0.6) is 0 Å². The largest absolute Gasteiger partial charge is 0.394 e. The smallest absolute Gasteiger partial charge is 0.291 e. The summed E-state index contributed by atoms with van der Waals surface area (Å²) in [6.07, 6.45) is -7.18. The quantitative estimate of drug-likeness (QED) is 0.517. The van der Waals surface area contributed by atoms with Crippen LogP contribution in [0.1, 0.15) is 5.56 Å². The molecule has 0 aliphatic carbocycles. The number of aliphatic hydroxyl groups excluding tert-OH is 4. The molecule has 0 saturated carbocycles. The van der Waals surface area contributed by atoms with Crippen molar-refractivity contribution in [1.82, 2.24) is 0 Å². The molecule has 5 nitrogen and oxygen atoms in total. The average molecular weight is 341 g/mol. The molecule has 126 valence electrons. The van der Waals surface area contributed by atoms with Gasteiger partial charge in [0.25, 0.3) is 5.92 Å². The van der Waals surface area contributed by atoms with Gasteiger partial charge in [-0.15, -0.1) is 11.6 Å². The van der Waals surface area contributed by atoms with Gasteiger partial charge in [0.2, 0.25) is 0 Å². The molecule has 4 N–H and O–H groups in total. The van der Waals surface area contributed by atoms with Crippen LogP contribution >= 0.6 is 11.6 Å². The van der Waals surface area contributed by atoms with Crippen LogP contribution in [0.2, 0.25) is 0 Å². The van der Waals surface area contributed by atoms with E-state index in [1.54, 1.807) is 6.07 Å². The number of hydrogen-bond acceptors (Lipinski definition) is 5. The molecule has 0 saturated heterocycles. The predicted molar refractivity (Wildman–Crippen MR) is 75.9 cm³/mol. The molecule has 22 heavy (non-hydrogen) atoms. The highest BCUT2D eigenvalue weighted by Gasteiger charge is 2.48. The Kier molecular flexibility index (Phi) is 7.11. The maximum absolute atomic E-state index is 14.2. The number of methoxy groups -OCH3 is 1. The minimum atomic E-state index is -3.63. The van der Waals surface area contributed by atoms with Crippen LogP contribution in [-0.4, -0.2) is 63.9 Å². The van der Waals surface area contributed by atoms with E-state index in [1.165, 1.54) is 12.1 Å². The molecule has 0 spiro atoms. The van der Waals surface area contributed by atoms with Gasteiger partial charge >= 0.3 is 0 Å². The summed E-state index contributed by atoms with van der Waals surface area (Å²) in [7, 11) is 1.15. The molecule has 1 aromatic rings. The summed E-state index contributed by atoms with van der Waals surface area (Å²) in [6.45, 7) is -0.663. The minimum absolute atomic E-state index is 0.429. The number of benzene rings is 1. The van der Waals surface area contributed by atoms with Gasteiger partial charge in [0, 0.05) is 12.7 Å². The van der Waals surface area contributed by atoms with Crippen LogP contribution in [0.25, 0.3) is 0 Å². The topological polar surface area (TPSA) is 90.2 Å². The van der Waals surface area contributed by atoms with Gasteiger partial charge in [-0.1, -0.05) is 30.3 Å². The van der Waals surface area contributed by atoms with Gasteiger partial charge in [0.05, 0.1) is 6.61 Å². The zero-order chi connectivity index (χ0) is 16.9. The second-order valence-corrected chi connectivity index (χ2v) is 5.29. The first kappa shape index (κ1) is 19.2. The molecule has 0 heterocycles. The highest BCUT2D eigenvalue weighted by molar-refractivity contribution is 6.21. The van der Waals surface area contributed by atoms with Gasteiger partial charge < -0.3 is 25.2 Å². The van der Waals surface area contributed by atoms with Gasteiger partial charge in [0.15, 0.2) is 0 Å². The van der Waals surface area contributed by atoms with Crippen LogP contribution < -0.4 is 0 Å². The fourth-order valence-electron chi connectivity index (χ4n) is 1.95. The molecule has 0 aromatic heterocycles. The fourth-order valence-corrected chi connectivity index (χ4v) is 2.23. The van der Waals surface area contributed by atoms with Gasteiger partial charge in [0.1, 0.15) is 29.8 Å². The van der Waals surface area contributed by atoms with Crippen molar-refractivity contribution < 1.29 is 33.9 Å². The van der Waals surface area contributed by atoms with E-state index in [4.69, 9.17) is 16.7 Å². The molecule has 0 amide bonds. The first-order valence-corrected chi connectivity index (χ1v) is 6.96. The van der Waals surface area contributed by atoms with E-state index in [2.05, 4.69) is 4.74 Å². The van der Waals surface area contributed by atoms with E-state index in [0.717, 1.165) is 19.2 Å². The number of alkyl halides is 3. The summed E-state index contributed by atoms with van der Waals surface area (Å²) in [5.41, 5.74) is -0.429. The van der Waals surface area contributed by atoms with E-state index in [1.807, 2.05) is 0 Å². The third-order valence-corrected chi connectivity index (χ3v) is 3.90. The highest BCUT2D eigenvalue weighted by atomic mass is 35.5. The lowest BCUT2D eigenvalue weighted by molar-refractivity contribution is -0.143. The Labute approximate surface area is 131 Å². The van der Waals surface area contributed by atoms with E-state index in [-0.39, 0.29) is 0 Å². The molecule has 0 radical (unpaired) electrons. The van der Waals surface area contributed by atoms with Gasteiger partial charge in [-0.05, 0) is 0 Å². The summed E-state index contributed by atoms with van der Waals surface area (Å²) in [5, 5.41) is 36.1.